The Hall–Kier alpha value is -1.28. The smallest absolute Gasteiger partial charge is 0.398 e. The summed E-state index contributed by atoms with van der Waals surface area (Å²) >= 11 is 0. The molecular formula is C13H19F3N2O2S. The van der Waals surface area contributed by atoms with E-state index < -0.39 is 28.8 Å². The molecule has 0 unspecified atom stereocenters. The van der Waals surface area contributed by atoms with E-state index in [2.05, 4.69) is 0 Å². The van der Waals surface area contributed by atoms with Crippen LogP contribution in [-0.4, -0.2) is 31.5 Å². The highest BCUT2D eigenvalue weighted by atomic mass is 32.2. The maximum Gasteiger partial charge on any atom is 0.402 e. The van der Waals surface area contributed by atoms with Gasteiger partial charge in [-0.05, 0) is 51.0 Å². The third kappa shape index (κ3) is 4.10. The molecule has 1 aromatic rings. The Labute approximate surface area is 122 Å². The summed E-state index contributed by atoms with van der Waals surface area (Å²) in [5, 5.41) is 0. The summed E-state index contributed by atoms with van der Waals surface area (Å²) in [5.41, 5.74) is 7.28. The van der Waals surface area contributed by atoms with Crippen molar-refractivity contribution in [3.63, 3.8) is 0 Å². The Morgan fingerprint density at radius 2 is 1.76 bits per heavy atom. The first-order valence-corrected chi connectivity index (χ1v) is 7.75. The number of hydrogen-bond donors (Lipinski definition) is 1. The maximum absolute atomic E-state index is 12.6. The summed E-state index contributed by atoms with van der Waals surface area (Å²) in [4.78, 5) is -0.221. The van der Waals surface area contributed by atoms with Crippen LogP contribution in [0.1, 0.15) is 25.0 Å². The number of alkyl halides is 3. The normalized spacial score (nSPS) is 13.2. The Morgan fingerprint density at radius 3 is 2.14 bits per heavy atom. The molecule has 0 aliphatic carbocycles. The zero-order valence-corrected chi connectivity index (χ0v) is 13.1. The molecule has 0 heterocycles. The monoisotopic (exact) mass is 324 g/mol. The number of nitrogens with two attached hydrogens (primary N) is 1. The number of hydrogen-bond acceptors (Lipinski definition) is 3. The number of rotatable bonds is 4. The van der Waals surface area contributed by atoms with Gasteiger partial charge in [0.25, 0.3) is 0 Å². The van der Waals surface area contributed by atoms with Gasteiger partial charge < -0.3 is 5.73 Å². The summed E-state index contributed by atoms with van der Waals surface area (Å²) in [6, 6.07) is 1.72. The van der Waals surface area contributed by atoms with E-state index >= 15 is 0 Å². The molecular weight excluding hydrogens is 305 g/mol. The van der Waals surface area contributed by atoms with Crippen molar-refractivity contribution in [1.29, 1.82) is 0 Å². The van der Waals surface area contributed by atoms with E-state index in [1.54, 1.807) is 13.8 Å². The molecule has 8 heteroatoms. The van der Waals surface area contributed by atoms with Gasteiger partial charge in [-0.3, -0.25) is 0 Å². The SMILES string of the molecule is Cc1cc(S(=O)(=O)N(CC(F)(F)F)C(C)C)cc(N)c1C. The van der Waals surface area contributed by atoms with Crippen LogP contribution in [-0.2, 0) is 10.0 Å². The van der Waals surface area contributed by atoms with Gasteiger partial charge >= 0.3 is 6.18 Å². The Bertz CT molecular complexity index is 602. The standard InChI is InChI=1S/C13H19F3N2O2S/c1-8(2)18(7-13(14,15)16)21(19,20)11-5-9(3)10(4)12(17)6-11/h5-6,8H,7,17H2,1-4H3. The minimum atomic E-state index is -4.61. The average molecular weight is 324 g/mol. The number of sulfonamides is 1. The lowest BCUT2D eigenvalue weighted by Crippen LogP contribution is -2.43. The maximum atomic E-state index is 12.6. The third-order valence-electron chi connectivity index (χ3n) is 3.20. The highest BCUT2D eigenvalue weighted by molar-refractivity contribution is 7.89. The number of halogens is 3. The predicted molar refractivity (Wildman–Crippen MR) is 75.4 cm³/mol. The van der Waals surface area contributed by atoms with Gasteiger partial charge in [0.05, 0.1) is 4.90 Å². The molecule has 4 nitrogen and oxygen atoms in total. The van der Waals surface area contributed by atoms with Crippen molar-refractivity contribution in [3.8, 4) is 0 Å². The second-order valence-electron chi connectivity index (χ2n) is 5.21. The molecule has 2 N–H and O–H groups in total. The molecule has 0 bridgehead atoms. The van der Waals surface area contributed by atoms with Gasteiger partial charge in [-0.15, -0.1) is 0 Å². The van der Waals surface area contributed by atoms with Gasteiger partial charge in [-0.1, -0.05) is 0 Å². The van der Waals surface area contributed by atoms with Crippen molar-refractivity contribution in [2.75, 3.05) is 12.3 Å². The van der Waals surface area contributed by atoms with Gasteiger partial charge in [0.15, 0.2) is 0 Å². The number of benzene rings is 1. The summed E-state index contributed by atoms with van der Waals surface area (Å²) < 4.78 is 63.1. The first kappa shape index (κ1) is 17.8. The largest absolute Gasteiger partial charge is 0.402 e. The molecule has 0 aliphatic rings. The van der Waals surface area contributed by atoms with Crippen molar-refractivity contribution in [3.05, 3.63) is 23.3 Å². The molecule has 0 fully saturated rings. The van der Waals surface area contributed by atoms with Crippen LogP contribution < -0.4 is 5.73 Å². The van der Waals surface area contributed by atoms with Crippen LogP contribution in [0.4, 0.5) is 18.9 Å². The first-order chi connectivity index (χ1) is 9.36. The minimum absolute atomic E-state index is 0.221. The fraction of sp³-hybridized carbons (Fsp3) is 0.538. The van der Waals surface area contributed by atoms with Gasteiger partial charge in [-0.2, -0.15) is 17.5 Å². The second-order valence-corrected chi connectivity index (χ2v) is 7.10. The van der Waals surface area contributed by atoms with E-state index in [-0.39, 0.29) is 10.6 Å². The minimum Gasteiger partial charge on any atom is -0.398 e. The van der Waals surface area contributed by atoms with Crippen LogP contribution in [0.2, 0.25) is 0 Å². The van der Waals surface area contributed by atoms with Gasteiger partial charge in [-0.25, -0.2) is 8.42 Å². The molecule has 0 saturated heterocycles. The van der Waals surface area contributed by atoms with Crippen molar-refractivity contribution in [2.24, 2.45) is 0 Å². The van der Waals surface area contributed by atoms with E-state index in [1.807, 2.05) is 0 Å². The van der Waals surface area contributed by atoms with Crippen molar-refractivity contribution in [2.45, 2.75) is 44.8 Å². The molecule has 0 amide bonds. The summed E-state index contributed by atoms with van der Waals surface area (Å²) in [7, 11) is -4.26. The summed E-state index contributed by atoms with van der Waals surface area (Å²) in [6.07, 6.45) is -4.61. The topological polar surface area (TPSA) is 63.4 Å². The van der Waals surface area contributed by atoms with E-state index in [1.165, 1.54) is 26.0 Å². The Kier molecular flexibility index (Phi) is 4.94. The average Bonchev–Trinajstić information content (AvgIpc) is 2.30. The van der Waals surface area contributed by atoms with E-state index in [4.69, 9.17) is 5.73 Å². The van der Waals surface area contributed by atoms with Crippen molar-refractivity contribution in [1.82, 2.24) is 4.31 Å². The molecule has 0 atom stereocenters. The predicted octanol–water partition coefficient (Wildman–Crippen LogP) is 2.85. The van der Waals surface area contributed by atoms with Crippen molar-refractivity contribution >= 4 is 15.7 Å². The zero-order valence-electron chi connectivity index (χ0n) is 12.3. The van der Waals surface area contributed by atoms with Gasteiger partial charge in [0.1, 0.15) is 6.54 Å². The highest BCUT2D eigenvalue weighted by Gasteiger charge is 2.38. The van der Waals surface area contributed by atoms with Crippen LogP contribution in [0.5, 0.6) is 0 Å². The van der Waals surface area contributed by atoms with E-state index in [0.29, 0.717) is 15.4 Å². The quantitative estimate of drug-likeness (QED) is 0.866. The summed E-state index contributed by atoms with van der Waals surface area (Å²) in [6.45, 7) is 4.65. The lowest BCUT2D eigenvalue weighted by atomic mass is 10.1. The lowest BCUT2D eigenvalue weighted by molar-refractivity contribution is -0.138. The van der Waals surface area contributed by atoms with Crippen molar-refractivity contribution < 1.29 is 21.6 Å². The molecule has 21 heavy (non-hydrogen) atoms. The third-order valence-corrected chi connectivity index (χ3v) is 5.20. The van der Waals surface area contributed by atoms with Crippen LogP contribution in [0.3, 0.4) is 0 Å². The molecule has 0 spiro atoms. The van der Waals surface area contributed by atoms with E-state index in [0.717, 1.165) is 0 Å². The zero-order chi connectivity index (χ0) is 16.6. The number of aryl methyl sites for hydroxylation is 1. The van der Waals surface area contributed by atoms with E-state index in [9.17, 15) is 21.6 Å². The fourth-order valence-electron chi connectivity index (χ4n) is 1.86. The van der Waals surface area contributed by atoms with Crippen LogP contribution in [0, 0.1) is 13.8 Å². The van der Waals surface area contributed by atoms with Crippen LogP contribution >= 0.6 is 0 Å². The molecule has 120 valence electrons. The van der Waals surface area contributed by atoms with Gasteiger partial charge in [0.2, 0.25) is 10.0 Å². The lowest BCUT2D eigenvalue weighted by Gasteiger charge is -2.27. The highest BCUT2D eigenvalue weighted by Crippen LogP contribution is 2.28. The molecule has 1 rings (SSSR count). The molecule has 0 aromatic heterocycles. The van der Waals surface area contributed by atoms with Crippen LogP contribution in [0.15, 0.2) is 17.0 Å². The number of nitrogen functional groups attached to an aromatic ring is 1. The van der Waals surface area contributed by atoms with Crippen LogP contribution in [0.25, 0.3) is 0 Å². The molecule has 1 aromatic carbocycles. The Balaban J connectivity index is 3.36. The Morgan fingerprint density at radius 1 is 1.24 bits per heavy atom. The second kappa shape index (κ2) is 5.84. The fourth-order valence-corrected chi connectivity index (χ4v) is 3.60. The number of nitrogens with zero attached hydrogens (tertiary/aromatic N) is 1. The summed E-state index contributed by atoms with van der Waals surface area (Å²) in [5.74, 6) is 0. The number of anilines is 1. The first-order valence-electron chi connectivity index (χ1n) is 6.31. The molecule has 0 radical (unpaired) electrons. The molecule has 0 saturated carbocycles. The van der Waals surface area contributed by atoms with Gasteiger partial charge in [0, 0.05) is 11.7 Å². The molecule has 0 aliphatic heterocycles.